The van der Waals surface area contributed by atoms with Crippen LogP contribution in [0.15, 0.2) is 24.3 Å². The van der Waals surface area contributed by atoms with Crippen LogP contribution in [-0.2, 0) is 15.4 Å². The maximum atomic E-state index is 13.9. The minimum absolute atomic E-state index is 0.128. The van der Waals surface area contributed by atoms with Crippen LogP contribution < -0.4 is 0 Å². The summed E-state index contributed by atoms with van der Waals surface area (Å²) < 4.78 is 75.1. The molecule has 2 rings (SSSR count). The zero-order valence-corrected chi connectivity index (χ0v) is 12.8. The molecule has 25 heavy (non-hydrogen) atoms. The highest BCUT2D eigenvalue weighted by atomic mass is 19.4. The molecule has 0 radical (unpaired) electrons. The predicted molar refractivity (Wildman–Crippen MR) is 74.4 cm³/mol. The first-order valence-electron chi connectivity index (χ1n) is 6.60. The molecular formula is C15H10F5NO4. The number of rotatable bonds is 3. The third kappa shape index (κ3) is 2.99. The van der Waals surface area contributed by atoms with E-state index in [1.807, 2.05) is 0 Å². The van der Waals surface area contributed by atoms with E-state index in [4.69, 9.17) is 0 Å². The number of pyridine rings is 1. The summed E-state index contributed by atoms with van der Waals surface area (Å²) in [6, 6.07) is 5.07. The van der Waals surface area contributed by atoms with Crippen LogP contribution in [0.25, 0.3) is 10.9 Å². The van der Waals surface area contributed by atoms with Gasteiger partial charge in [-0.3, -0.25) is 0 Å². The van der Waals surface area contributed by atoms with Crippen LogP contribution in [0.2, 0.25) is 0 Å². The number of hydrogen-bond acceptors (Lipinski definition) is 5. The molecule has 0 saturated carbocycles. The third-order valence-electron chi connectivity index (χ3n) is 3.32. The lowest BCUT2D eigenvalue weighted by Gasteiger charge is -2.22. The summed E-state index contributed by atoms with van der Waals surface area (Å²) in [6.45, 7) is 0. The van der Waals surface area contributed by atoms with Crippen molar-refractivity contribution in [2.24, 2.45) is 0 Å². The third-order valence-corrected chi connectivity index (χ3v) is 3.32. The number of ether oxygens (including phenoxy) is 2. The van der Waals surface area contributed by atoms with Crippen molar-refractivity contribution >= 4 is 22.8 Å². The van der Waals surface area contributed by atoms with Crippen molar-refractivity contribution in [1.29, 1.82) is 0 Å². The van der Waals surface area contributed by atoms with E-state index in [2.05, 4.69) is 14.5 Å². The van der Waals surface area contributed by atoms with Crippen molar-refractivity contribution in [1.82, 2.24) is 4.98 Å². The van der Waals surface area contributed by atoms with E-state index in [1.165, 1.54) is 18.2 Å². The van der Waals surface area contributed by atoms with Crippen molar-refractivity contribution in [3.8, 4) is 0 Å². The fraction of sp³-hybridized carbons (Fsp3) is 0.267. The highest BCUT2D eigenvalue weighted by Gasteiger charge is 2.62. The molecule has 2 aromatic rings. The van der Waals surface area contributed by atoms with Crippen LogP contribution in [0, 0.1) is 0 Å². The number of nitrogens with zero attached hydrogens (tertiary/aromatic N) is 1. The first-order valence-corrected chi connectivity index (χ1v) is 6.60. The molecule has 0 amide bonds. The number of alkyl halides is 5. The lowest BCUT2D eigenvalue weighted by molar-refractivity contribution is -0.291. The summed E-state index contributed by atoms with van der Waals surface area (Å²) in [5, 5.41) is -0.128. The van der Waals surface area contributed by atoms with Gasteiger partial charge in [0.2, 0.25) is 0 Å². The molecule has 0 aliphatic rings. The smallest absolute Gasteiger partial charge is 0.459 e. The summed E-state index contributed by atoms with van der Waals surface area (Å²) in [5.41, 5.74) is -4.34. The van der Waals surface area contributed by atoms with Gasteiger partial charge in [-0.05, 0) is 6.07 Å². The molecule has 0 fully saturated rings. The fourth-order valence-electron chi connectivity index (χ4n) is 2.19. The van der Waals surface area contributed by atoms with E-state index in [0.717, 1.165) is 20.3 Å². The van der Waals surface area contributed by atoms with Gasteiger partial charge in [0.15, 0.2) is 0 Å². The monoisotopic (exact) mass is 363 g/mol. The molecule has 0 atom stereocenters. The maximum Gasteiger partial charge on any atom is 0.459 e. The van der Waals surface area contributed by atoms with Crippen molar-refractivity contribution < 1.29 is 41.0 Å². The van der Waals surface area contributed by atoms with E-state index in [-0.39, 0.29) is 10.9 Å². The minimum Gasteiger partial charge on any atom is -0.465 e. The average Bonchev–Trinajstić information content (AvgIpc) is 2.57. The van der Waals surface area contributed by atoms with Gasteiger partial charge in [-0.2, -0.15) is 22.0 Å². The van der Waals surface area contributed by atoms with Crippen molar-refractivity contribution in [2.75, 3.05) is 14.2 Å². The Morgan fingerprint density at radius 3 is 1.96 bits per heavy atom. The number of carbonyl (C=O) groups is 2. The molecule has 0 N–H and O–H groups in total. The molecule has 1 heterocycles. The molecule has 134 valence electrons. The summed E-state index contributed by atoms with van der Waals surface area (Å²) in [5.74, 6) is -8.35. The normalized spacial score (nSPS) is 12.1. The largest absolute Gasteiger partial charge is 0.465 e. The second-order valence-corrected chi connectivity index (χ2v) is 4.78. The van der Waals surface area contributed by atoms with E-state index in [1.54, 1.807) is 0 Å². The number of para-hydroxylation sites is 1. The second kappa shape index (κ2) is 6.26. The SMILES string of the molecule is COC(=O)c1c(C(F)(F)C(F)(F)F)nc2ccccc2c1C(=O)OC. The van der Waals surface area contributed by atoms with Gasteiger partial charge in [0, 0.05) is 5.39 Å². The molecule has 0 aliphatic heterocycles. The molecule has 5 nitrogen and oxygen atoms in total. The number of methoxy groups -OCH3 is 2. The molecule has 1 aromatic heterocycles. The Morgan fingerprint density at radius 1 is 0.920 bits per heavy atom. The van der Waals surface area contributed by atoms with Gasteiger partial charge in [-0.15, -0.1) is 0 Å². The van der Waals surface area contributed by atoms with Crippen LogP contribution in [0.4, 0.5) is 22.0 Å². The van der Waals surface area contributed by atoms with E-state index < -0.39 is 40.9 Å². The molecule has 0 unspecified atom stereocenters. The fourth-order valence-corrected chi connectivity index (χ4v) is 2.19. The van der Waals surface area contributed by atoms with Gasteiger partial charge >= 0.3 is 24.0 Å². The number of fused-ring (bicyclic) bond motifs is 1. The lowest BCUT2D eigenvalue weighted by Crippen LogP contribution is -2.37. The Bertz CT molecular complexity index is 848. The van der Waals surface area contributed by atoms with E-state index in [9.17, 15) is 31.5 Å². The van der Waals surface area contributed by atoms with E-state index >= 15 is 0 Å². The van der Waals surface area contributed by atoms with Gasteiger partial charge in [-0.1, -0.05) is 18.2 Å². The highest BCUT2D eigenvalue weighted by molar-refractivity contribution is 6.12. The maximum absolute atomic E-state index is 13.9. The zero-order valence-electron chi connectivity index (χ0n) is 12.8. The predicted octanol–water partition coefficient (Wildman–Crippen LogP) is 3.46. The Balaban J connectivity index is 3.04. The van der Waals surface area contributed by atoms with Gasteiger partial charge in [0.25, 0.3) is 0 Å². The molecular weight excluding hydrogens is 353 g/mol. The van der Waals surface area contributed by atoms with Gasteiger partial charge in [0.05, 0.1) is 25.3 Å². The number of carbonyl (C=O) groups excluding carboxylic acids is 2. The summed E-state index contributed by atoms with van der Waals surface area (Å²) in [7, 11) is 1.66. The van der Waals surface area contributed by atoms with Crippen molar-refractivity contribution in [3.63, 3.8) is 0 Å². The van der Waals surface area contributed by atoms with Crippen LogP contribution in [0.3, 0.4) is 0 Å². The van der Waals surface area contributed by atoms with Crippen molar-refractivity contribution in [2.45, 2.75) is 12.1 Å². The van der Waals surface area contributed by atoms with Crippen LogP contribution in [0.5, 0.6) is 0 Å². The molecule has 0 aliphatic carbocycles. The molecule has 10 heteroatoms. The quantitative estimate of drug-likeness (QED) is 0.617. The topological polar surface area (TPSA) is 65.5 Å². The average molecular weight is 363 g/mol. The van der Waals surface area contributed by atoms with Crippen LogP contribution >= 0.6 is 0 Å². The van der Waals surface area contributed by atoms with Gasteiger partial charge in [0.1, 0.15) is 11.3 Å². The summed E-state index contributed by atoms with van der Waals surface area (Å²) in [4.78, 5) is 27.2. The molecule has 1 aromatic carbocycles. The molecule has 0 saturated heterocycles. The van der Waals surface area contributed by atoms with Crippen LogP contribution in [0.1, 0.15) is 26.4 Å². The Morgan fingerprint density at radius 2 is 1.44 bits per heavy atom. The number of halogens is 5. The lowest BCUT2D eigenvalue weighted by atomic mass is 9.97. The first kappa shape index (κ1) is 18.6. The van der Waals surface area contributed by atoms with E-state index in [0.29, 0.717) is 0 Å². The highest BCUT2D eigenvalue weighted by Crippen LogP contribution is 2.45. The number of hydrogen-bond donors (Lipinski definition) is 0. The summed E-state index contributed by atoms with van der Waals surface area (Å²) in [6.07, 6.45) is -6.04. The van der Waals surface area contributed by atoms with Crippen LogP contribution in [-0.4, -0.2) is 37.3 Å². The Kier molecular flexibility index (Phi) is 4.65. The van der Waals surface area contributed by atoms with Gasteiger partial charge in [-0.25, -0.2) is 14.6 Å². The Hall–Kier alpha value is -2.78. The molecule has 0 bridgehead atoms. The first-order chi connectivity index (χ1) is 11.6. The van der Waals surface area contributed by atoms with Gasteiger partial charge < -0.3 is 9.47 Å². The summed E-state index contributed by atoms with van der Waals surface area (Å²) >= 11 is 0. The second-order valence-electron chi connectivity index (χ2n) is 4.78. The molecule has 0 spiro atoms. The standard InChI is InChI=1S/C15H10F5NO4/c1-24-12(22)9-7-5-3-4-6-8(7)21-11(10(9)13(23)25-2)14(16,17)15(18,19)20/h3-6H,1-2H3. The zero-order chi connectivity index (χ0) is 19.0. The number of esters is 2. The van der Waals surface area contributed by atoms with Crippen molar-refractivity contribution in [3.05, 3.63) is 41.1 Å². The number of benzene rings is 1. The Labute approximate surface area is 137 Å². The minimum atomic E-state index is -6.04. The number of aromatic nitrogens is 1.